The molecule has 1 fully saturated rings. The Morgan fingerprint density at radius 3 is 2.57 bits per heavy atom. The van der Waals surface area contributed by atoms with E-state index in [0.29, 0.717) is 5.95 Å². The number of imidazole rings is 1. The molecule has 21 heavy (non-hydrogen) atoms. The summed E-state index contributed by atoms with van der Waals surface area (Å²) in [6.07, 6.45) is 2.39. The lowest BCUT2D eigenvalue weighted by Gasteiger charge is -2.38. The molecular weight excluding hydrogens is 264 g/mol. The minimum atomic E-state index is 0.283. The monoisotopic (exact) mass is 290 g/mol. The van der Waals surface area contributed by atoms with Crippen molar-refractivity contribution in [2.45, 2.75) is 46.7 Å². The standard InChI is InChI=1S/C15H26N6/c1-5-21-13-12(11(2)18-21)17-14(16)20(13)10-15(3)6-8-19(4)9-7-15/h5-10H2,1-4H3,(H2,16,17). The Hall–Kier alpha value is -1.56. The Morgan fingerprint density at radius 2 is 1.95 bits per heavy atom. The molecule has 1 aliphatic heterocycles. The van der Waals surface area contributed by atoms with Crippen LogP contribution in [0.25, 0.3) is 11.2 Å². The smallest absolute Gasteiger partial charge is 0.202 e. The van der Waals surface area contributed by atoms with Crippen molar-refractivity contribution in [3.63, 3.8) is 0 Å². The zero-order chi connectivity index (χ0) is 15.2. The number of rotatable bonds is 3. The van der Waals surface area contributed by atoms with Crippen LogP contribution in [0.4, 0.5) is 5.95 Å². The molecule has 0 aromatic carbocycles. The van der Waals surface area contributed by atoms with E-state index in [1.165, 1.54) is 12.8 Å². The number of nitrogen functional groups attached to an aromatic ring is 1. The van der Waals surface area contributed by atoms with Gasteiger partial charge in [-0.3, -0.25) is 4.57 Å². The van der Waals surface area contributed by atoms with Crippen molar-refractivity contribution in [1.82, 2.24) is 24.2 Å². The van der Waals surface area contributed by atoms with E-state index in [1.54, 1.807) is 0 Å². The summed E-state index contributed by atoms with van der Waals surface area (Å²) in [6.45, 7) is 10.5. The van der Waals surface area contributed by atoms with E-state index in [0.717, 1.165) is 43.0 Å². The fourth-order valence-corrected chi connectivity index (χ4v) is 3.32. The number of nitrogens with two attached hydrogens (primary N) is 1. The maximum absolute atomic E-state index is 6.19. The van der Waals surface area contributed by atoms with Crippen molar-refractivity contribution in [3.05, 3.63) is 5.69 Å². The lowest BCUT2D eigenvalue weighted by molar-refractivity contribution is 0.122. The Kier molecular flexibility index (Phi) is 3.43. The summed E-state index contributed by atoms with van der Waals surface area (Å²) in [7, 11) is 2.19. The van der Waals surface area contributed by atoms with Crippen LogP contribution in [0.15, 0.2) is 0 Å². The molecule has 3 heterocycles. The van der Waals surface area contributed by atoms with Gasteiger partial charge in [-0.2, -0.15) is 5.10 Å². The van der Waals surface area contributed by atoms with E-state index in [1.807, 2.05) is 11.6 Å². The van der Waals surface area contributed by atoms with Gasteiger partial charge in [0.2, 0.25) is 5.95 Å². The van der Waals surface area contributed by atoms with Crippen LogP contribution in [0, 0.1) is 12.3 Å². The predicted molar refractivity (Wildman–Crippen MR) is 85.2 cm³/mol. The third-order valence-corrected chi connectivity index (χ3v) is 4.86. The molecule has 0 radical (unpaired) electrons. The van der Waals surface area contributed by atoms with Gasteiger partial charge in [0.1, 0.15) is 5.52 Å². The second-order valence-electron chi connectivity index (χ2n) is 6.74. The maximum atomic E-state index is 6.19. The van der Waals surface area contributed by atoms with Crippen LogP contribution in [-0.2, 0) is 13.1 Å². The van der Waals surface area contributed by atoms with Crippen LogP contribution in [0.2, 0.25) is 0 Å². The molecule has 1 aliphatic rings. The van der Waals surface area contributed by atoms with Gasteiger partial charge in [-0.05, 0) is 52.2 Å². The number of fused-ring (bicyclic) bond motifs is 1. The zero-order valence-electron chi connectivity index (χ0n) is 13.6. The summed E-state index contributed by atoms with van der Waals surface area (Å²) in [5.41, 5.74) is 9.47. The van der Waals surface area contributed by atoms with E-state index in [9.17, 15) is 0 Å². The van der Waals surface area contributed by atoms with E-state index >= 15 is 0 Å². The van der Waals surface area contributed by atoms with Crippen LogP contribution in [-0.4, -0.2) is 44.4 Å². The van der Waals surface area contributed by atoms with Crippen LogP contribution < -0.4 is 5.73 Å². The van der Waals surface area contributed by atoms with Gasteiger partial charge in [0.05, 0.1) is 5.69 Å². The predicted octanol–water partition coefficient (Wildman–Crippen LogP) is 1.88. The van der Waals surface area contributed by atoms with E-state index in [4.69, 9.17) is 5.73 Å². The molecule has 0 bridgehead atoms. The lowest BCUT2D eigenvalue weighted by Crippen LogP contribution is -2.38. The fourth-order valence-electron chi connectivity index (χ4n) is 3.32. The number of piperidine rings is 1. The van der Waals surface area contributed by atoms with Gasteiger partial charge in [-0.15, -0.1) is 0 Å². The number of aryl methyl sites for hydroxylation is 2. The Morgan fingerprint density at radius 1 is 1.29 bits per heavy atom. The minimum Gasteiger partial charge on any atom is -0.369 e. The van der Waals surface area contributed by atoms with Gasteiger partial charge < -0.3 is 10.6 Å². The molecule has 2 N–H and O–H groups in total. The highest BCUT2D eigenvalue weighted by Gasteiger charge is 2.31. The average Bonchev–Trinajstić information content (AvgIpc) is 2.93. The van der Waals surface area contributed by atoms with Crippen molar-refractivity contribution in [2.75, 3.05) is 25.9 Å². The second-order valence-corrected chi connectivity index (χ2v) is 6.74. The quantitative estimate of drug-likeness (QED) is 0.937. The molecule has 2 aromatic heterocycles. The Bertz CT molecular complexity index is 645. The van der Waals surface area contributed by atoms with Crippen molar-refractivity contribution in [1.29, 1.82) is 0 Å². The van der Waals surface area contributed by atoms with E-state index in [2.05, 4.69) is 40.4 Å². The molecule has 6 heteroatoms. The third-order valence-electron chi connectivity index (χ3n) is 4.86. The SMILES string of the molecule is CCn1nc(C)c2nc(N)n(CC3(C)CCN(C)CC3)c21. The molecule has 0 atom stereocenters. The van der Waals surface area contributed by atoms with Gasteiger partial charge in [-0.1, -0.05) is 6.92 Å². The van der Waals surface area contributed by atoms with Gasteiger partial charge in [-0.25, -0.2) is 9.67 Å². The Balaban J connectivity index is 1.98. The molecule has 3 rings (SSSR count). The number of hydrogen-bond acceptors (Lipinski definition) is 4. The Labute approximate surface area is 125 Å². The highest BCUT2D eigenvalue weighted by Crippen LogP contribution is 2.34. The fraction of sp³-hybridized carbons (Fsp3) is 0.733. The van der Waals surface area contributed by atoms with Crippen LogP contribution in [0.1, 0.15) is 32.4 Å². The summed E-state index contributed by atoms with van der Waals surface area (Å²) >= 11 is 0. The first-order valence-corrected chi connectivity index (χ1v) is 7.81. The van der Waals surface area contributed by atoms with Gasteiger partial charge in [0.15, 0.2) is 5.65 Å². The molecule has 6 nitrogen and oxygen atoms in total. The van der Waals surface area contributed by atoms with Crippen molar-refractivity contribution < 1.29 is 0 Å². The van der Waals surface area contributed by atoms with Crippen LogP contribution in [0.5, 0.6) is 0 Å². The molecule has 0 aliphatic carbocycles. The average molecular weight is 290 g/mol. The largest absolute Gasteiger partial charge is 0.369 e. The molecule has 0 saturated carbocycles. The first-order chi connectivity index (χ1) is 9.93. The van der Waals surface area contributed by atoms with Crippen molar-refractivity contribution in [3.8, 4) is 0 Å². The molecule has 0 spiro atoms. The number of aromatic nitrogens is 4. The van der Waals surface area contributed by atoms with Gasteiger partial charge in [0, 0.05) is 13.1 Å². The molecule has 0 unspecified atom stereocenters. The van der Waals surface area contributed by atoms with Gasteiger partial charge >= 0.3 is 0 Å². The first kappa shape index (κ1) is 14.4. The molecule has 116 valence electrons. The number of hydrogen-bond donors (Lipinski definition) is 1. The van der Waals surface area contributed by atoms with E-state index in [-0.39, 0.29) is 5.41 Å². The number of likely N-dealkylation sites (tertiary alicyclic amines) is 1. The minimum absolute atomic E-state index is 0.283. The molecular formula is C15H26N6. The highest BCUT2D eigenvalue weighted by atomic mass is 15.4. The highest BCUT2D eigenvalue weighted by molar-refractivity contribution is 5.77. The lowest BCUT2D eigenvalue weighted by atomic mass is 9.80. The number of anilines is 1. The summed E-state index contributed by atoms with van der Waals surface area (Å²) in [5.74, 6) is 0.618. The first-order valence-electron chi connectivity index (χ1n) is 7.81. The summed E-state index contributed by atoms with van der Waals surface area (Å²) in [4.78, 5) is 6.94. The second kappa shape index (κ2) is 5.02. The van der Waals surface area contributed by atoms with Crippen molar-refractivity contribution in [2.24, 2.45) is 5.41 Å². The normalized spacial score (nSPS) is 19.4. The molecule has 1 saturated heterocycles. The topological polar surface area (TPSA) is 64.9 Å². The van der Waals surface area contributed by atoms with E-state index < -0.39 is 0 Å². The van der Waals surface area contributed by atoms with Crippen molar-refractivity contribution >= 4 is 17.1 Å². The van der Waals surface area contributed by atoms with Crippen LogP contribution in [0.3, 0.4) is 0 Å². The number of nitrogens with zero attached hydrogens (tertiary/aromatic N) is 5. The summed E-state index contributed by atoms with van der Waals surface area (Å²) in [6, 6.07) is 0. The third kappa shape index (κ3) is 2.41. The molecule has 0 amide bonds. The van der Waals surface area contributed by atoms with Gasteiger partial charge in [0.25, 0.3) is 0 Å². The maximum Gasteiger partial charge on any atom is 0.202 e. The molecule has 2 aromatic rings. The van der Waals surface area contributed by atoms with Crippen LogP contribution >= 0.6 is 0 Å². The summed E-state index contributed by atoms with van der Waals surface area (Å²) < 4.78 is 4.19. The zero-order valence-corrected chi connectivity index (χ0v) is 13.6. The summed E-state index contributed by atoms with van der Waals surface area (Å²) in [5, 5.41) is 4.57.